The molecule has 2 N–H and O–H groups in total. The lowest BCUT2D eigenvalue weighted by molar-refractivity contribution is -0.123. The Labute approximate surface area is 165 Å². The highest BCUT2D eigenvalue weighted by Gasteiger charge is 2.29. The molecule has 0 bridgehead atoms. The SMILES string of the molecule is CC(Oc1cc(C(=O)NCC(F)(F)F)[nH]c1C(=O)CI)c1ccccc1F. The smallest absolute Gasteiger partial charge is 0.405 e. The van der Waals surface area contributed by atoms with E-state index >= 15 is 0 Å². The van der Waals surface area contributed by atoms with Crippen molar-refractivity contribution in [2.24, 2.45) is 0 Å². The first-order valence-corrected chi connectivity index (χ1v) is 9.23. The summed E-state index contributed by atoms with van der Waals surface area (Å²) in [6.07, 6.45) is -5.37. The van der Waals surface area contributed by atoms with Gasteiger partial charge in [0, 0.05) is 11.6 Å². The number of aromatic nitrogens is 1. The second-order valence-electron chi connectivity index (χ2n) is 5.56. The van der Waals surface area contributed by atoms with Gasteiger partial charge in [0.1, 0.15) is 35.6 Å². The Morgan fingerprint density at radius 3 is 2.56 bits per heavy atom. The van der Waals surface area contributed by atoms with Crippen molar-refractivity contribution in [3.05, 3.63) is 53.1 Å². The molecule has 27 heavy (non-hydrogen) atoms. The zero-order valence-electron chi connectivity index (χ0n) is 14.0. The Kier molecular flexibility index (Phi) is 6.84. The topological polar surface area (TPSA) is 71.2 Å². The van der Waals surface area contributed by atoms with Crippen molar-refractivity contribution in [2.75, 3.05) is 11.0 Å². The quantitative estimate of drug-likeness (QED) is 0.260. The Bertz CT molecular complexity index is 836. The van der Waals surface area contributed by atoms with Crippen molar-refractivity contribution in [1.29, 1.82) is 0 Å². The Morgan fingerprint density at radius 1 is 1.30 bits per heavy atom. The van der Waals surface area contributed by atoms with Crippen molar-refractivity contribution in [3.8, 4) is 5.75 Å². The predicted octanol–water partition coefficient (Wildman–Crippen LogP) is 4.20. The molecule has 2 rings (SSSR count). The summed E-state index contributed by atoms with van der Waals surface area (Å²) < 4.78 is 56.3. The van der Waals surface area contributed by atoms with Crippen LogP contribution in [0.4, 0.5) is 17.6 Å². The molecule has 1 aromatic heterocycles. The number of ketones is 1. The van der Waals surface area contributed by atoms with Crippen LogP contribution in [0.25, 0.3) is 0 Å². The molecule has 1 amide bonds. The number of halogens is 5. The minimum Gasteiger partial charge on any atom is -0.484 e. The monoisotopic (exact) mass is 498 g/mol. The molecular weight excluding hydrogens is 483 g/mol. The van der Waals surface area contributed by atoms with Crippen molar-refractivity contribution >= 4 is 34.3 Å². The van der Waals surface area contributed by atoms with Gasteiger partial charge in [-0.05, 0) is 13.0 Å². The van der Waals surface area contributed by atoms with Crippen LogP contribution in [-0.2, 0) is 0 Å². The van der Waals surface area contributed by atoms with E-state index in [1.165, 1.54) is 18.2 Å². The van der Waals surface area contributed by atoms with Crippen LogP contribution in [0.5, 0.6) is 5.75 Å². The highest BCUT2D eigenvalue weighted by molar-refractivity contribution is 14.1. The molecule has 1 unspecified atom stereocenters. The summed E-state index contributed by atoms with van der Waals surface area (Å²) in [5, 5.41) is 1.71. The van der Waals surface area contributed by atoms with Gasteiger partial charge in [-0.1, -0.05) is 40.8 Å². The summed E-state index contributed by atoms with van der Waals surface area (Å²) in [5.41, 5.74) is -0.0948. The number of hydrogen-bond donors (Lipinski definition) is 2. The number of alkyl halides is 4. The summed E-state index contributed by atoms with van der Waals surface area (Å²) in [7, 11) is 0. The molecule has 0 aliphatic carbocycles. The maximum atomic E-state index is 13.9. The second kappa shape index (κ2) is 8.72. The molecule has 0 spiro atoms. The van der Waals surface area contributed by atoms with Crippen molar-refractivity contribution in [1.82, 2.24) is 10.3 Å². The Balaban J connectivity index is 2.26. The van der Waals surface area contributed by atoms with Crippen LogP contribution in [0, 0.1) is 5.82 Å². The molecule has 10 heteroatoms. The standard InChI is InChI=1S/C17H15F4IN2O3/c1-9(10-4-2-3-5-11(10)18)27-14-6-12(24-15(14)13(25)7-22)16(26)23-8-17(19,20)21/h2-6,9,24H,7-8H2,1H3,(H,23,26). The third kappa shape index (κ3) is 5.68. The fraction of sp³-hybridized carbons (Fsp3) is 0.294. The maximum Gasteiger partial charge on any atom is 0.405 e. The highest BCUT2D eigenvalue weighted by Crippen LogP contribution is 2.28. The highest BCUT2D eigenvalue weighted by atomic mass is 127. The molecule has 146 valence electrons. The molecule has 1 heterocycles. The predicted molar refractivity (Wildman–Crippen MR) is 97.8 cm³/mol. The number of Topliss-reactive ketones (excluding diaryl/α,β-unsaturated/α-hetero) is 1. The third-order valence-electron chi connectivity index (χ3n) is 3.52. The molecule has 0 radical (unpaired) electrons. The number of rotatable bonds is 7. The van der Waals surface area contributed by atoms with Gasteiger partial charge in [0.05, 0.1) is 4.43 Å². The van der Waals surface area contributed by atoms with E-state index < -0.39 is 36.3 Å². The van der Waals surface area contributed by atoms with Gasteiger partial charge >= 0.3 is 6.18 Å². The van der Waals surface area contributed by atoms with Gasteiger partial charge in [-0.3, -0.25) is 9.59 Å². The number of carbonyl (C=O) groups is 2. The summed E-state index contributed by atoms with van der Waals surface area (Å²) in [6.45, 7) is 0.0371. The molecule has 1 aromatic carbocycles. The fourth-order valence-electron chi connectivity index (χ4n) is 2.26. The lowest BCUT2D eigenvalue weighted by Crippen LogP contribution is -2.33. The fourth-order valence-corrected chi connectivity index (χ4v) is 2.64. The summed E-state index contributed by atoms with van der Waals surface area (Å²) in [4.78, 5) is 26.5. The van der Waals surface area contributed by atoms with Gasteiger partial charge < -0.3 is 15.0 Å². The van der Waals surface area contributed by atoms with E-state index in [2.05, 4.69) is 4.98 Å². The van der Waals surface area contributed by atoms with E-state index in [9.17, 15) is 27.2 Å². The second-order valence-corrected chi connectivity index (χ2v) is 6.32. The molecule has 0 aliphatic heterocycles. The zero-order valence-corrected chi connectivity index (χ0v) is 16.2. The van der Waals surface area contributed by atoms with Crippen LogP contribution in [0.15, 0.2) is 30.3 Å². The van der Waals surface area contributed by atoms with E-state index in [4.69, 9.17) is 4.74 Å². The minimum absolute atomic E-state index is 0.0374. The van der Waals surface area contributed by atoms with Crippen LogP contribution in [0.2, 0.25) is 0 Å². The van der Waals surface area contributed by atoms with Gasteiger partial charge in [0.25, 0.3) is 5.91 Å². The summed E-state index contributed by atoms with van der Waals surface area (Å²) in [5.74, 6) is -2.00. The molecule has 0 saturated carbocycles. The lowest BCUT2D eigenvalue weighted by Gasteiger charge is -2.15. The van der Waals surface area contributed by atoms with E-state index in [-0.39, 0.29) is 27.1 Å². The number of benzene rings is 1. The van der Waals surface area contributed by atoms with E-state index in [1.807, 2.05) is 0 Å². The van der Waals surface area contributed by atoms with Gasteiger partial charge in [-0.2, -0.15) is 13.2 Å². The average molecular weight is 498 g/mol. The lowest BCUT2D eigenvalue weighted by atomic mass is 10.1. The van der Waals surface area contributed by atoms with Crippen LogP contribution in [-0.4, -0.2) is 33.8 Å². The molecule has 1 atom stereocenters. The first-order valence-electron chi connectivity index (χ1n) is 7.70. The first-order chi connectivity index (χ1) is 12.6. The maximum absolute atomic E-state index is 13.9. The molecular formula is C17H15F4IN2O3. The van der Waals surface area contributed by atoms with Gasteiger partial charge in [0.15, 0.2) is 5.78 Å². The first kappa shape index (κ1) is 21.2. The van der Waals surface area contributed by atoms with Crippen LogP contribution in [0.3, 0.4) is 0 Å². The van der Waals surface area contributed by atoms with Crippen molar-refractivity contribution < 1.29 is 31.9 Å². The number of carbonyl (C=O) groups excluding carboxylic acids is 2. The van der Waals surface area contributed by atoms with E-state index in [1.54, 1.807) is 40.9 Å². The number of H-pyrrole nitrogens is 1. The molecule has 0 fully saturated rings. The van der Waals surface area contributed by atoms with Crippen LogP contribution >= 0.6 is 22.6 Å². The number of ether oxygens (including phenoxy) is 1. The number of nitrogens with one attached hydrogen (secondary N) is 2. The van der Waals surface area contributed by atoms with Gasteiger partial charge in [-0.25, -0.2) is 4.39 Å². The van der Waals surface area contributed by atoms with E-state index in [0.717, 1.165) is 6.07 Å². The van der Waals surface area contributed by atoms with Crippen LogP contribution < -0.4 is 10.1 Å². The number of amides is 1. The Hall–Kier alpha value is -2.11. The number of aromatic amines is 1. The zero-order chi connectivity index (χ0) is 20.2. The average Bonchev–Trinajstić information content (AvgIpc) is 3.02. The van der Waals surface area contributed by atoms with E-state index in [0.29, 0.717) is 0 Å². The van der Waals surface area contributed by atoms with Crippen molar-refractivity contribution in [3.63, 3.8) is 0 Å². The molecule has 2 aromatic rings. The minimum atomic E-state index is -4.57. The normalized spacial score (nSPS) is 12.5. The largest absolute Gasteiger partial charge is 0.484 e. The van der Waals surface area contributed by atoms with Crippen molar-refractivity contribution in [2.45, 2.75) is 19.2 Å². The third-order valence-corrected chi connectivity index (χ3v) is 4.22. The molecule has 0 saturated heterocycles. The van der Waals surface area contributed by atoms with Gasteiger partial charge in [-0.15, -0.1) is 0 Å². The summed E-state index contributed by atoms with van der Waals surface area (Å²) >= 11 is 1.80. The molecule has 5 nitrogen and oxygen atoms in total. The Morgan fingerprint density at radius 2 is 1.96 bits per heavy atom. The summed E-state index contributed by atoms with van der Waals surface area (Å²) in [6, 6.07) is 7.00. The van der Waals surface area contributed by atoms with Gasteiger partial charge in [0.2, 0.25) is 0 Å². The van der Waals surface area contributed by atoms with Crippen LogP contribution in [0.1, 0.15) is 39.6 Å². The molecule has 0 aliphatic rings. The number of hydrogen-bond acceptors (Lipinski definition) is 3.